The molecule has 0 amide bonds. The van der Waals surface area contributed by atoms with Crippen LogP contribution in [0.1, 0.15) is 0 Å². The molecular formula is C19H11N7. The first-order valence-electron chi connectivity index (χ1n) is 7.98. The Morgan fingerprint density at radius 1 is 0.692 bits per heavy atom. The van der Waals surface area contributed by atoms with Gasteiger partial charge in [-0.05, 0) is 36.4 Å². The lowest BCUT2D eigenvalue weighted by Crippen LogP contribution is -1.94. The zero-order valence-electron chi connectivity index (χ0n) is 13.5. The molecule has 0 saturated carbocycles. The highest BCUT2D eigenvalue weighted by molar-refractivity contribution is 5.83. The lowest BCUT2D eigenvalue weighted by Gasteiger charge is -2.05. The van der Waals surface area contributed by atoms with E-state index in [1.165, 1.54) is 12.7 Å². The summed E-state index contributed by atoms with van der Waals surface area (Å²) in [6.45, 7) is 0. The molecule has 5 rings (SSSR count). The van der Waals surface area contributed by atoms with Gasteiger partial charge in [-0.2, -0.15) is 0 Å². The van der Waals surface area contributed by atoms with Gasteiger partial charge in [-0.25, -0.2) is 29.9 Å². The maximum absolute atomic E-state index is 4.63. The molecule has 0 radical (unpaired) electrons. The largest absolute Gasteiger partial charge is 0.252 e. The molecule has 0 aliphatic rings. The Balaban J connectivity index is 1.59. The number of benzene rings is 1. The highest BCUT2D eigenvalue weighted by Gasteiger charge is 2.08. The Hall–Kier alpha value is -3.87. The molecule has 4 heterocycles. The quantitative estimate of drug-likeness (QED) is 0.489. The van der Waals surface area contributed by atoms with E-state index in [0.717, 1.165) is 33.3 Å². The molecule has 5 aromatic rings. The van der Waals surface area contributed by atoms with E-state index in [1.807, 2.05) is 42.5 Å². The summed E-state index contributed by atoms with van der Waals surface area (Å²) in [5, 5.41) is 1.01. The Bertz CT molecular complexity index is 1240. The van der Waals surface area contributed by atoms with Crippen LogP contribution in [0.5, 0.6) is 0 Å². The smallest absolute Gasteiger partial charge is 0.182 e. The van der Waals surface area contributed by atoms with Crippen LogP contribution in [-0.2, 0) is 0 Å². The molecule has 0 unspecified atom stereocenters. The second-order valence-corrected chi connectivity index (χ2v) is 5.67. The molecule has 122 valence electrons. The fourth-order valence-corrected chi connectivity index (χ4v) is 2.76. The fraction of sp³-hybridized carbons (Fsp3) is 0. The minimum Gasteiger partial charge on any atom is -0.252 e. The first-order chi connectivity index (χ1) is 12.9. The van der Waals surface area contributed by atoms with Crippen molar-refractivity contribution in [1.29, 1.82) is 0 Å². The molecule has 0 aliphatic carbocycles. The summed E-state index contributed by atoms with van der Waals surface area (Å²) in [4.78, 5) is 30.1. The van der Waals surface area contributed by atoms with Crippen LogP contribution in [0.4, 0.5) is 0 Å². The number of rotatable bonds is 2. The number of nitrogens with zero attached hydrogens (tertiary/aromatic N) is 7. The Morgan fingerprint density at radius 2 is 1.62 bits per heavy atom. The van der Waals surface area contributed by atoms with Crippen molar-refractivity contribution in [3.8, 4) is 22.8 Å². The number of fused-ring (bicyclic) bond motifs is 2. The summed E-state index contributed by atoms with van der Waals surface area (Å²) in [6, 6.07) is 13.8. The van der Waals surface area contributed by atoms with Gasteiger partial charge in [0.15, 0.2) is 11.5 Å². The van der Waals surface area contributed by atoms with Crippen molar-refractivity contribution >= 4 is 22.1 Å². The molecule has 0 saturated heterocycles. The summed E-state index contributed by atoms with van der Waals surface area (Å²) in [7, 11) is 0. The number of hydrogen-bond acceptors (Lipinski definition) is 7. The topological polar surface area (TPSA) is 90.2 Å². The van der Waals surface area contributed by atoms with E-state index in [1.54, 1.807) is 12.4 Å². The lowest BCUT2D eigenvalue weighted by molar-refractivity contribution is 1.04. The van der Waals surface area contributed by atoms with Crippen LogP contribution in [0.25, 0.3) is 44.8 Å². The molecule has 0 bridgehead atoms. The van der Waals surface area contributed by atoms with Gasteiger partial charge in [0, 0.05) is 17.1 Å². The summed E-state index contributed by atoms with van der Waals surface area (Å²) >= 11 is 0. The van der Waals surface area contributed by atoms with Crippen LogP contribution in [0.2, 0.25) is 0 Å². The van der Waals surface area contributed by atoms with Gasteiger partial charge in [-0.3, -0.25) is 4.98 Å². The van der Waals surface area contributed by atoms with Gasteiger partial charge in [0.05, 0.1) is 22.9 Å². The minimum atomic E-state index is 0.501. The van der Waals surface area contributed by atoms with E-state index >= 15 is 0 Å². The molecule has 26 heavy (non-hydrogen) atoms. The third kappa shape index (κ3) is 2.51. The predicted octanol–water partition coefficient (Wildman–Crippen LogP) is 3.09. The van der Waals surface area contributed by atoms with Crippen molar-refractivity contribution in [1.82, 2.24) is 34.9 Å². The minimum absolute atomic E-state index is 0.501. The standard InChI is InChI=1S/C19H11N7/c1-2-12-3-5-14(26-18(12)21-7-1)13-4-6-15-16(8-13)22-9-17(25-15)19-23-10-20-11-24-19/h1-11H. The molecule has 0 fully saturated rings. The fourth-order valence-electron chi connectivity index (χ4n) is 2.76. The van der Waals surface area contributed by atoms with Gasteiger partial charge in [0.25, 0.3) is 0 Å². The second kappa shape index (κ2) is 5.89. The lowest BCUT2D eigenvalue weighted by atomic mass is 10.1. The molecule has 1 aromatic carbocycles. The van der Waals surface area contributed by atoms with Gasteiger partial charge in [0.2, 0.25) is 0 Å². The molecule has 4 aromatic heterocycles. The average molecular weight is 337 g/mol. The van der Waals surface area contributed by atoms with Crippen molar-refractivity contribution in [2.45, 2.75) is 0 Å². The summed E-state index contributed by atoms with van der Waals surface area (Å²) in [5.41, 5.74) is 4.70. The number of aromatic nitrogens is 7. The summed E-state index contributed by atoms with van der Waals surface area (Å²) < 4.78 is 0. The molecule has 0 N–H and O–H groups in total. The van der Waals surface area contributed by atoms with E-state index in [0.29, 0.717) is 11.5 Å². The monoisotopic (exact) mass is 337 g/mol. The van der Waals surface area contributed by atoms with E-state index in [-0.39, 0.29) is 0 Å². The number of hydrogen-bond donors (Lipinski definition) is 0. The Kier molecular flexibility index (Phi) is 3.28. The average Bonchev–Trinajstić information content (AvgIpc) is 2.73. The van der Waals surface area contributed by atoms with Crippen LogP contribution in [0, 0.1) is 0 Å². The molecule has 0 aliphatic heterocycles. The molecular weight excluding hydrogens is 326 g/mol. The summed E-state index contributed by atoms with van der Waals surface area (Å²) in [6.07, 6.45) is 6.29. The van der Waals surface area contributed by atoms with Crippen LogP contribution in [-0.4, -0.2) is 34.9 Å². The van der Waals surface area contributed by atoms with Crippen molar-refractivity contribution in [2.75, 3.05) is 0 Å². The third-order valence-corrected chi connectivity index (χ3v) is 4.02. The van der Waals surface area contributed by atoms with E-state index in [9.17, 15) is 0 Å². The van der Waals surface area contributed by atoms with Gasteiger partial charge in [-0.1, -0.05) is 6.07 Å². The van der Waals surface area contributed by atoms with E-state index < -0.39 is 0 Å². The first-order valence-corrected chi connectivity index (χ1v) is 7.98. The summed E-state index contributed by atoms with van der Waals surface area (Å²) in [5.74, 6) is 0.501. The van der Waals surface area contributed by atoms with E-state index in [4.69, 9.17) is 0 Å². The first kappa shape index (κ1) is 14.5. The van der Waals surface area contributed by atoms with Crippen molar-refractivity contribution in [3.63, 3.8) is 0 Å². The molecule has 0 spiro atoms. The second-order valence-electron chi connectivity index (χ2n) is 5.67. The van der Waals surface area contributed by atoms with Gasteiger partial charge in [0.1, 0.15) is 18.3 Å². The third-order valence-electron chi connectivity index (χ3n) is 4.02. The molecule has 7 nitrogen and oxygen atoms in total. The Morgan fingerprint density at radius 3 is 2.54 bits per heavy atom. The normalized spacial score (nSPS) is 11.1. The number of pyridine rings is 2. The van der Waals surface area contributed by atoms with Crippen molar-refractivity contribution in [3.05, 3.63) is 67.5 Å². The maximum atomic E-state index is 4.63. The Labute approximate surface area is 147 Å². The van der Waals surface area contributed by atoms with Gasteiger partial charge < -0.3 is 0 Å². The van der Waals surface area contributed by atoms with Crippen molar-refractivity contribution < 1.29 is 0 Å². The van der Waals surface area contributed by atoms with E-state index in [2.05, 4.69) is 34.9 Å². The van der Waals surface area contributed by atoms with Gasteiger partial charge in [-0.15, -0.1) is 0 Å². The molecule has 7 heteroatoms. The maximum Gasteiger partial charge on any atom is 0.182 e. The zero-order chi connectivity index (χ0) is 17.3. The van der Waals surface area contributed by atoms with Crippen LogP contribution < -0.4 is 0 Å². The zero-order valence-corrected chi connectivity index (χ0v) is 13.5. The van der Waals surface area contributed by atoms with Crippen LogP contribution >= 0.6 is 0 Å². The highest BCUT2D eigenvalue weighted by atomic mass is 15.0. The van der Waals surface area contributed by atoms with Crippen molar-refractivity contribution in [2.24, 2.45) is 0 Å². The SMILES string of the molecule is c1cnc2nc(-c3ccc4nc(-c5ncncn5)cnc4c3)ccc2c1. The van der Waals surface area contributed by atoms with Crippen LogP contribution in [0.15, 0.2) is 67.5 Å². The molecule has 0 atom stereocenters. The van der Waals surface area contributed by atoms with Gasteiger partial charge >= 0.3 is 0 Å². The predicted molar refractivity (Wildman–Crippen MR) is 96.9 cm³/mol. The van der Waals surface area contributed by atoms with Crippen LogP contribution in [0.3, 0.4) is 0 Å². The highest BCUT2D eigenvalue weighted by Crippen LogP contribution is 2.24.